The van der Waals surface area contributed by atoms with Crippen LogP contribution in [0.2, 0.25) is 0 Å². The lowest BCUT2D eigenvalue weighted by molar-refractivity contribution is -0.141. The maximum Gasteiger partial charge on any atom is 0.306 e. The molecule has 4 atom stereocenters. The number of carbonyl (C=O) groups excluding carboxylic acids is 1. The Morgan fingerprint density at radius 2 is 2.05 bits per heavy atom. The second-order valence-corrected chi connectivity index (χ2v) is 4.78. The first-order valence-electron chi connectivity index (χ1n) is 6.04. The first-order valence-corrected chi connectivity index (χ1v) is 6.04. The zero-order chi connectivity index (χ0) is 14.6. The summed E-state index contributed by atoms with van der Waals surface area (Å²) in [7, 11) is 0. The molecule has 0 spiro atoms. The number of nitrogens with two attached hydrogens (primary N) is 2. The topological polar surface area (TPSA) is 151 Å². The number of guanidine groups is 1. The summed E-state index contributed by atoms with van der Waals surface area (Å²) >= 11 is 0. The highest BCUT2D eigenvalue weighted by Gasteiger charge is 2.42. The number of amides is 1. The van der Waals surface area contributed by atoms with E-state index in [-0.39, 0.29) is 24.4 Å². The van der Waals surface area contributed by atoms with Crippen LogP contribution in [-0.4, -0.2) is 46.7 Å². The summed E-state index contributed by atoms with van der Waals surface area (Å²) in [6.07, 6.45) is 0.621. The van der Waals surface area contributed by atoms with Gasteiger partial charge in [-0.1, -0.05) is 0 Å². The number of carbonyl (C=O) groups is 2. The van der Waals surface area contributed by atoms with Gasteiger partial charge in [-0.15, -0.1) is 0 Å². The Bertz CT molecular complexity index is 381. The van der Waals surface area contributed by atoms with Crippen LogP contribution >= 0.6 is 0 Å². The summed E-state index contributed by atoms with van der Waals surface area (Å²) in [4.78, 5) is 26.2. The molecule has 0 bridgehead atoms. The highest BCUT2D eigenvalue weighted by molar-refractivity contribution is 5.76. The Labute approximate surface area is 110 Å². The minimum absolute atomic E-state index is 0.124. The molecule has 1 fully saturated rings. The van der Waals surface area contributed by atoms with E-state index in [1.54, 1.807) is 0 Å². The van der Waals surface area contributed by atoms with Crippen molar-refractivity contribution < 1.29 is 19.8 Å². The molecule has 0 aliphatic heterocycles. The van der Waals surface area contributed by atoms with Crippen molar-refractivity contribution in [2.45, 2.75) is 31.8 Å². The average molecular weight is 272 g/mol. The van der Waals surface area contributed by atoms with E-state index >= 15 is 0 Å². The van der Waals surface area contributed by atoms with Crippen molar-refractivity contribution in [3.8, 4) is 0 Å². The lowest BCUT2D eigenvalue weighted by Crippen LogP contribution is -2.44. The lowest BCUT2D eigenvalue weighted by Gasteiger charge is -2.25. The molecule has 1 aliphatic rings. The maximum atomic E-state index is 11.1. The van der Waals surface area contributed by atoms with Gasteiger partial charge in [-0.2, -0.15) is 0 Å². The van der Waals surface area contributed by atoms with E-state index in [2.05, 4.69) is 10.3 Å². The molecule has 19 heavy (non-hydrogen) atoms. The SMILES string of the molecule is CC(=O)NC(CO)C1CC(C(=O)O)CC1N=C(N)N. The summed E-state index contributed by atoms with van der Waals surface area (Å²) < 4.78 is 0. The molecule has 8 nitrogen and oxygen atoms in total. The van der Waals surface area contributed by atoms with E-state index in [1.807, 2.05) is 0 Å². The van der Waals surface area contributed by atoms with E-state index in [0.29, 0.717) is 12.8 Å². The van der Waals surface area contributed by atoms with Crippen molar-refractivity contribution in [2.24, 2.45) is 28.3 Å². The minimum atomic E-state index is -0.919. The Morgan fingerprint density at radius 1 is 1.42 bits per heavy atom. The lowest BCUT2D eigenvalue weighted by atomic mass is 9.94. The molecule has 0 radical (unpaired) electrons. The number of aliphatic carboxylic acids is 1. The van der Waals surface area contributed by atoms with Crippen molar-refractivity contribution in [1.29, 1.82) is 0 Å². The molecule has 1 saturated carbocycles. The molecule has 7 N–H and O–H groups in total. The maximum absolute atomic E-state index is 11.1. The highest BCUT2D eigenvalue weighted by Crippen LogP contribution is 2.35. The molecule has 4 unspecified atom stereocenters. The normalized spacial score (nSPS) is 27.6. The van der Waals surface area contributed by atoms with Crippen LogP contribution in [0.1, 0.15) is 19.8 Å². The van der Waals surface area contributed by atoms with Crippen molar-refractivity contribution in [3.63, 3.8) is 0 Å². The van der Waals surface area contributed by atoms with Crippen LogP contribution in [0.25, 0.3) is 0 Å². The number of rotatable bonds is 5. The van der Waals surface area contributed by atoms with Gasteiger partial charge in [0.15, 0.2) is 5.96 Å². The second kappa shape index (κ2) is 6.37. The van der Waals surface area contributed by atoms with Gasteiger partial charge in [-0.3, -0.25) is 9.59 Å². The minimum Gasteiger partial charge on any atom is -0.481 e. The first kappa shape index (κ1) is 15.2. The van der Waals surface area contributed by atoms with Crippen LogP contribution in [-0.2, 0) is 9.59 Å². The molecule has 0 aromatic heterocycles. The van der Waals surface area contributed by atoms with Crippen molar-refractivity contribution >= 4 is 17.8 Å². The molecule has 108 valence electrons. The van der Waals surface area contributed by atoms with Crippen LogP contribution in [0.3, 0.4) is 0 Å². The number of hydrogen-bond acceptors (Lipinski definition) is 4. The van der Waals surface area contributed by atoms with Gasteiger partial charge in [0.1, 0.15) is 0 Å². The quantitative estimate of drug-likeness (QED) is 0.295. The molecule has 1 rings (SSSR count). The van der Waals surface area contributed by atoms with Crippen LogP contribution in [0.15, 0.2) is 4.99 Å². The van der Waals surface area contributed by atoms with Crippen LogP contribution in [0.5, 0.6) is 0 Å². The van der Waals surface area contributed by atoms with E-state index in [1.165, 1.54) is 6.92 Å². The number of hydrogen-bond donors (Lipinski definition) is 5. The van der Waals surface area contributed by atoms with Gasteiger partial charge in [-0.25, -0.2) is 4.99 Å². The molecular formula is C11H20N4O4. The summed E-state index contributed by atoms with van der Waals surface area (Å²) in [5.74, 6) is -2.20. The van der Waals surface area contributed by atoms with E-state index in [4.69, 9.17) is 16.6 Å². The zero-order valence-electron chi connectivity index (χ0n) is 10.7. The molecule has 0 aromatic carbocycles. The fraction of sp³-hybridized carbons (Fsp3) is 0.727. The Kier molecular flexibility index (Phi) is 5.11. The van der Waals surface area contributed by atoms with Gasteiger partial charge < -0.3 is 27.0 Å². The first-order chi connectivity index (χ1) is 8.85. The molecule has 1 aliphatic carbocycles. The number of carboxylic acid groups (broad SMARTS) is 1. The van der Waals surface area contributed by atoms with Gasteiger partial charge in [0.05, 0.1) is 24.6 Å². The Balaban J connectivity index is 2.89. The van der Waals surface area contributed by atoms with Gasteiger partial charge in [0.2, 0.25) is 5.91 Å². The summed E-state index contributed by atoms with van der Waals surface area (Å²) in [5.41, 5.74) is 10.7. The number of aliphatic hydroxyl groups excluding tert-OH is 1. The number of carboxylic acids is 1. The second-order valence-electron chi connectivity index (χ2n) is 4.78. The molecule has 1 amide bonds. The fourth-order valence-electron chi connectivity index (χ4n) is 2.57. The zero-order valence-corrected chi connectivity index (χ0v) is 10.7. The van der Waals surface area contributed by atoms with Crippen molar-refractivity contribution in [2.75, 3.05) is 6.61 Å². The fourth-order valence-corrected chi connectivity index (χ4v) is 2.57. The van der Waals surface area contributed by atoms with Gasteiger partial charge in [0, 0.05) is 12.8 Å². The number of nitrogens with one attached hydrogen (secondary N) is 1. The van der Waals surface area contributed by atoms with Crippen LogP contribution in [0, 0.1) is 11.8 Å². The Hall–Kier alpha value is -1.83. The molecule has 0 aromatic rings. The third kappa shape index (κ3) is 4.09. The number of nitrogens with zero attached hydrogens (tertiary/aromatic N) is 1. The summed E-state index contributed by atoms with van der Waals surface area (Å²) in [6.45, 7) is 1.05. The van der Waals surface area contributed by atoms with E-state index in [9.17, 15) is 14.7 Å². The highest BCUT2D eigenvalue weighted by atomic mass is 16.4. The molecule has 0 heterocycles. The monoisotopic (exact) mass is 272 g/mol. The van der Waals surface area contributed by atoms with Gasteiger partial charge in [-0.05, 0) is 12.8 Å². The number of aliphatic hydroxyl groups is 1. The molecular weight excluding hydrogens is 252 g/mol. The Morgan fingerprint density at radius 3 is 2.47 bits per heavy atom. The largest absolute Gasteiger partial charge is 0.481 e. The van der Waals surface area contributed by atoms with Gasteiger partial charge >= 0.3 is 5.97 Å². The van der Waals surface area contributed by atoms with Crippen molar-refractivity contribution in [3.05, 3.63) is 0 Å². The predicted molar refractivity (Wildman–Crippen MR) is 68.1 cm³/mol. The van der Waals surface area contributed by atoms with Crippen molar-refractivity contribution in [1.82, 2.24) is 5.32 Å². The predicted octanol–water partition coefficient (Wildman–Crippen LogP) is -1.76. The summed E-state index contributed by atoms with van der Waals surface area (Å²) in [6, 6.07) is -0.954. The average Bonchev–Trinajstić information content (AvgIpc) is 2.68. The number of aliphatic imine (C=N–C) groups is 1. The summed E-state index contributed by atoms with van der Waals surface area (Å²) in [5, 5.41) is 21.0. The van der Waals surface area contributed by atoms with Crippen LogP contribution in [0.4, 0.5) is 0 Å². The van der Waals surface area contributed by atoms with Crippen LogP contribution < -0.4 is 16.8 Å². The smallest absolute Gasteiger partial charge is 0.306 e. The molecule has 8 heteroatoms. The van der Waals surface area contributed by atoms with E-state index in [0.717, 1.165) is 0 Å². The standard InChI is InChI=1S/C11H20N4O4/c1-5(17)14-9(4-16)7-2-6(10(18)19)3-8(7)15-11(12)13/h6-9,16H,2-4H2,1H3,(H,14,17)(H,18,19)(H4,12,13,15). The third-order valence-electron chi connectivity index (χ3n) is 3.34. The molecule has 0 saturated heterocycles. The van der Waals surface area contributed by atoms with E-state index < -0.39 is 24.0 Å². The third-order valence-corrected chi connectivity index (χ3v) is 3.34. The van der Waals surface area contributed by atoms with Gasteiger partial charge in [0.25, 0.3) is 0 Å².